The summed E-state index contributed by atoms with van der Waals surface area (Å²) in [5.41, 5.74) is 1.14. The van der Waals surface area contributed by atoms with E-state index in [1.807, 2.05) is 24.3 Å². The van der Waals surface area contributed by atoms with Gasteiger partial charge in [-0.25, -0.2) is 0 Å². The van der Waals surface area contributed by atoms with Gasteiger partial charge in [0.2, 0.25) is 0 Å². The molecule has 0 aliphatic carbocycles. The number of piperazine rings is 1. The van der Waals surface area contributed by atoms with Gasteiger partial charge in [0.25, 0.3) is 0 Å². The van der Waals surface area contributed by atoms with Crippen LogP contribution in [-0.2, 0) is 6.42 Å². The van der Waals surface area contributed by atoms with Crippen molar-refractivity contribution in [2.75, 3.05) is 33.7 Å². The first-order valence-corrected chi connectivity index (χ1v) is 7.23. The van der Waals surface area contributed by atoms with Crippen LogP contribution in [0.3, 0.4) is 0 Å². The summed E-state index contributed by atoms with van der Waals surface area (Å²) >= 11 is 5.86. The van der Waals surface area contributed by atoms with Gasteiger partial charge in [0.05, 0.1) is 6.10 Å². The maximum Gasteiger partial charge on any atom is 0.0595 e. The highest BCUT2D eigenvalue weighted by atomic mass is 35.5. The van der Waals surface area contributed by atoms with E-state index in [-0.39, 0.29) is 6.10 Å². The number of aliphatic hydroxyl groups is 1. The van der Waals surface area contributed by atoms with Crippen molar-refractivity contribution in [2.24, 2.45) is 0 Å². The summed E-state index contributed by atoms with van der Waals surface area (Å²) in [6, 6.07) is 8.18. The standard InChI is InChI=1S/C15H23ClN2O/c1-17-7-8-18(2)14(11-17)10-15(19)9-12-3-5-13(16)6-4-12/h3-6,14-15,19H,7-11H2,1-2H3. The molecular formula is C15H23ClN2O. The lowest BCUT2D eigenvalue weighted by atomic mass is 10.00. The molecule has 0 bridgehead atoms. The van der Waals surface area contributed by atoms with E-state index in [4.69, 9.17) is 11.6 Å². The summed E-state index contributed by atoms with van der Waals surface area (Å²) in [6.45, 7) is 3.23. The maximum atomic E-state index is 10.3. The predicted octanol–water partition coefficient (Wildman–Crippen LogP) is 1.88. The Kier molecular flexibility index (Phi) is 5.22. The topological polar surface area (TPSA) is 26.7 Å². The molecule has 1 N–H and O–H groups in total. The molecule has 0 radical (unpaired) electrons. The lowest BCUT2D eigenvalue weighted by molar-refractivity contribution is 0.0639. The first-order chi connectivity index (χ1) is 9.04. The Morgan fingerprint density at radius 3 is 2.63 bits per heavy atom. The van der Waals surface area contributed by atoms with Crippen molar-refractivity contribution >= 4 is 11.6 Å². The van der Waals surface area contributed by atoms with Crippen molar-refractivity contribution < 1.29 is 5.11 Å². The fourth-order valence-corrected chi connectivity index (χ4v) is 2.77. The third-order valence-corrected chi connectivity index (χ3v) is 4.16. The number of rotatable bonds is 4. The van der Waals surface area contributed by atoms with Gasteiger partial charge >= 0.3 is 0 Å². The van der Waals surface area contributed by atoms with Gasteiger partial charge in [0, 0.05) is 30.7 Å². The monoisotopic (exact) mass is 282 g/mol. The Labute approximate surface area is 120 Å². The molecule has 1 aliphatic heterocycles. The quantitative estimate of drug-likeness (QED) is 0.913. The van der Waals surface area contributed by atoms with Crippen LogP contribution in [-0.4, -0.2) is 60.8 Å². The highest BCUT2D eigenvalue weighted by molar-refractivity contribution is 6.30. The largest absolute Gasteiger partial charge is 0.393 e. The van der Waals surface area contributed by atoms with E-state index in [1.165, 1.54) is 0 Å². The summed E-state index contributed by atoms with van der Waals surface area (Å²) in [5.74, 6) is 0. The molecule has 2 unspecified atom stereocenters. The fraction of sp³-hybridized carbons (Fsp3) is 0.600. The van der Waals surface area contributed by atoms with E-state index in [9.17, 15) is 5.11 Å². The molecule has 1 aliphatic rings. The third kappa shape index (κ3) is 4.46. The molecule has 19 heavy (non-hydrogen) atoms. The van der Waals surface area contributed by atoms with Crippen LogP contribution >= 0.6 is 11.6 Å². The van der Waals surface area contributed by atoms with E-state index < -0.39 is 0 Å². The maximum absolute atomic E-state index is 10.3. The minimum atomic E-state index is -0.292. The van der Waals surface area contributed by atoms with Crippen LogP contribution in [0.5, 0.6) is 0 Å². The molecule has 1 fully saturated rings. The fourth-order valence-electron chi connectivity index (χ4n) is 2.65. The van der Waals surface area contributed by atoms with Crippen molar-refractivity contribution in [2.45, 2.75) is 25.0 Å². The summed E-state index contributed by atoms with van der Waals surface area (Å²) in [7, 11) is 4.29. The van der Waals surface area contributed by atoms with E-state index in [1.54, 1.807) is 0 Å². The molecule has 1 aromatic carbocycles. The van der Waals surface area contributed by atoms with E-state index in [0.717, 1.165) is 36.6 Å². The molecule has 106 valence electrons. The number of aliphatic hydroxyl groups excluding tert-OH is 1. The van der Waals surface area contributed by atoms with Gasteiger partial charge in [-0.1, -0.05) is 23.7 Å². The van der Waals surface area contributed by atoms with Crippen LogP contribution in [0.2, 0.25) is 5.02 Å². The molecular weight excluding hydrogens is 260 g/mol. The molecule has 1 aromatic rings. The number of hydrogen-bond acceptors (Lipinski definition) is 3. The van der Waals surface area contributed by atoms with Gasteiger partial charge in [0.1, 0.15) is 0 Å². The Balaban J connectivity index is 1.86. The number of hydrogen-bond donors (Lipinski definition) is 1. The van der Waals surface area contributed by atoms with Crippen LogP contribution in [0.1, 0.15) is 12.0 Å². The average molecular weight is 283 g/mol. The Morgan fingerprint density at radius 2 is 1.95 bits per heavy atom. The lowest BCUT2D eigenvalue weighted by Crippen LogP contribution is -2.51. The summed E-state index contributed by atoms with van der Waals surface area (Å²) in [5, 5.41) is 11.0. The van der Waals surface area contributed by atoms with Gasteiger partial charge in [0.15, 0.2) is 0 Å². The van der Waals surface area contributed by atoms with Gasteiger partial charge in [-0.15, -0.1) is 0 Å². The molecule has 1 heterocycles. The molecule has 1 saturated heterocycles. The summed E-state index contributed by atoms with van der Waals surface area (Å²) in [6.07, 6.45) is 1.23. The first-order valence-electron chi connectivity index (χ1n) is 6.86. The number of likely N-dealkylation sites (N-methyl/N-ethyl adjacent to an activating group) is 2. The molecule has 0 spiro atoms. The molecule has 0 saturated carbocycles. The zero-order chi connectivity index (χ0) is 13.8. The van der Waals surface area contributed by atoms with Crippen molar-refractivity contribution in [1.29, 1.82) is 0 Å². The second-order valence-electron chi connectivity index (χ2n) is 5.62. The van der Waals surface area contributed by atoms with Crippen molar-refractivity contribution in [3.05, 3.63) is 34.9 Å². The van der Waals surface area contributed by atoms with Crippen LogP contribution in [0.4, 0.5) is 0 Å². The molecule has 2 atom stereocenters. The van der Waals surface area contributed by atoms with Crippen LogP contribution in [0.15, 0.2) is 24.3 Å². The Hall–Kier alpha value is -0.610. The van der Waals surface area contributed by atoms with Crippen molar-refractivity contribution in [3.8, 4) is 0 Å². The molecule has 2 rings (SSSR count). The first kappa shape index (κ1) is 14.8. The summed E-state index contributed by atoms with van der Waals surface area (Å²) in [4.78, 5) is 4.69. The highest BCUT2D eigenvalue weighted by Gasteiger charge is 2.24. The molecule has 0 amide bonds. The lowest BCUT2D eigenvalue weighted by Gasteiger charge is -2.38. The normalized spacial score (nSPS) is 23.5. The highest BCUT2D eigenvalue weighted by Crippen LogP contribution is 2.16. The van der Waals surface area contributed by atoms with Gasteiger partial charge in [-0.05, 0) is 44.6 Å². The third-order valence-electron chi connectivity index (χ3n) is 3.91. The minimum absolute atomic E-state index is 0.292. The Morgan fingerprint density at radius 1 is 1.26 bits per heavy atom. The SMILES string of the molecule is CN1CCN(C)C(CC(O)Cc2ccc(Cl)cc2)C1. The molecule has 4 heteroatoms. The van der Waals surface area contributed by atoms with Gasteiger partial charge in [-0.3, -0.25) is 0 Å². The zero-order valence-corrected chi connectivity index (χ0v) is 12.5. The second-order valence-corrected chi connectivity index (χ2v) is 6.05. The van der Waals surface area contributed by atoms with Gasteiger partial charge < -0.3 is 14.9 Å². The van der Waals surface area contributed by atoms with E-state index in [0.29, 0.717) is 12.5 Å². The van der Waals surface area contributed by atoms with Gasteiger partial charge in [-0.2, -0.15) is 0 Å². The van der Waals surface area contributed by atoms with Crippen molar-refractivity contribution in [1.82, 2.24) is 9.80 Å². The number of nitrogens with zero attached hydrogens (tertiary/aromatic N) is 2. The number of halogens is 1. The van der Waals surface area contributed by atoms with Crippen molar-refractivity contribution in [3.63, 3.8) is 0 Å². The predicted molar refractivity (Wildman–Crippen MR) is 79.7 cm³/mol. The smallest absolute Gasteiger partial charge is 0.0595 e. The minimum Gasteiger partial charge on any atom is -0.393 e. The molecule has 3 nitrogen and oxygen atoms in total. The van der Waals surface area contributed by atoms with E-state index >= 15 is 0 Å². The number of benzene rings is 1. The Bertz CT molecular complexity index is 396. The average Bonchev–Trinajstić information content (AvgIpc) is 2.37. The molecule has 0 aromatic heterocycles. The van der Waals surface area contributed by atoms with E-state index in [2.05, 4.69) is 23.9 Å². The van der Waals surface area contributed by atoms with Crippen LogP contribution < -0.4 is 0 Å². The second kappa shape index (κ2) is 6.71. The van der Waals surface area contributed by atoms with Crippen LogP contribution in [0, 0.1) is 0 Å². The zero-order valence-electron chi connectivity index (χ0n) is 11.7. The van der Waals surface area contributed by atoms with Crippen LogP contribution in [0.25, 0.3) is 0 Å². The summed E-state index contributed by atoms with van der Waals surface area (Å²) < 4.78 is 0.